The molecule has 0 fully saturated rings. The first kappa shape index (κ1) is 15.6. The summed E-state index contributed by atoms with van der Waals surface area (Å²) in [5, 5.41) is 11.6. The van der Waals surface area contributed by atoms with E-state index in [0.29, 0.717) is 16.5 Å². The van der Waals surface area contributed by atoms with Crippen LogP contribution < -0.4 is 44.8 Å². The van der Waals surface area contributed by atoms with Crippen molar-refractivity contribution in [3.63, 3.8) is 0 Å². The van der Waals surface area contributed by atoms with Gasteiger partial charge in [0, 0.05) is 0 Å². The van der Waals surface area contributed by atoms with E-state index in [1.165, 1.54) is 24.5 Å². The van der Waals surface area contributed by atoms with Gasteiger partial charge in [-0.1, -0.05) is 18.2 Å². The van der Waals surface area contributed by atoms with Gasteiger partial charge in [0.05, 0.1) is 18.1 Å². The molecule has 0 saturated carbocycles. The van der Waals surface area contributed by atoms with Gasteiger partial charge in [0.25, 0.3) is 0 Å². The van der Waals surface area contributed by atoms with Crippen LogP contribution >= 0.6 is 0 Å². The average Bonchev–Trinajstić information content (AvgIpc) is 2.48. The van der Waals surface area contributed by atoms with Gasteiger partial charge in [-0.3, -0.25) is 4.79 Å². The number of benzene rings is 2. The number of ether oxygens (including phenoxy) is 1. The fraction of sp³-hybridized carbons (Fsp3) is 0.0625. The van der Waals surface area contributed by atoms with E-state index in [1.54, 1.807) is 31.4 Å². The van der Waals surface area contributed by atoms with E-state index in [9.17, 15) is 9.90 Å². The molecule has 0 spiro atoms. The van der Waals surface area contributed by atoms with Crippen molar-refractivity contribution in [2.45, 2.75) is 0 Å². The smallest absolute Gasteiger partial charge is 0.872 e. The molecule has 2 aromatic carbocycles. The van der Waals surface area contributed by atoms with Gasteiger partial charge in [-0.2, -0.15) is 0 Å². The second-order valence-electron chi connectivity index (χ2n) is 4.36. The fourth-order valence-corrected chi connectivity index (χ4v) is 2.08. The molecule has 1 heterocycles. The summed E-state index contributed by atoms with van der Waals surface area (Å²) in [7, 11) is 1.58. The minimum absolute atomic E-state index is 0. The molecule has 0 aliphatic heterocycles. The van der Waals surface area contributed by atoms with E-state index in [2.05, 4.69) is 0 Å². The molecule has 0 radical (unpaired) electrons. The van der Waals surface area contributed by atoms with E-state index < -0.39 is 0 Å². The largest absolute Gasteiger partial charge is 1.00 e. The standard InChI is InChI=1S/C16H12O4.Na/c1-19-12-5-2-10(3-6-12)14-9-20-15-8-11(17)4-7-13(15)16(14)18;/h2-9,17H,1H3;/q;+1/p-1. The monoisotopic (exact) mass is 290 g/mol. The molecule has 0 saturated heterocycles. The maximum absolute atomic E-state index is 12.4. The summed E-state index contributed by atoms with van der Waals surface area (Å²) < 4.78 is 10.5. The zero-order valence-corrected chi connectivity index (χ0v) is 13.8. The third kappa shape index (κ3) is 2.97. The summed E-state index contributed by atoms with van der Waals surface area (Å²) in [5.74, 6) is 0.535. The molecule has 0 unspecified atom stereocenters. The zero-order chi connectivity index (χ0) is 14.1. The summed E-state index contributed by atoms with van der Waals surface area (Å²) >= 11 is 0. The van der Waals surface area contributed by atoms with E-state index >= 15 is 0 Å². The normalized spacial score (nSPS) is 10.1. The maximum atomic E-state index is 12.4. The Labute approximate surface area is 143 Å². The van der Waals surface area contributed by atoms with Gasteiger partial charge in [-0.25, -0.2) is 0 Å². The van der Waals surface area contributed by atoms with E-state index in [1.807, 2.05) is 0 Å². The van der Waals surface area contributed by atoms with Crippen molar-refractivity contribution in [2.24, 2.45) is 0 Å². The predicted octanol–water partition coefficient (Wildman–Crippen LogP) is -0.454. The second kappa shape index (κ2) is 6.35. The Hall–Kier alpha value is -1.75. The van der Waals surface area contributed by atoms with Gasteiger partial charge < -0.3 is 14.3 Å². The number of hydrogen-bond donors (Lipinski definition) is 0. The molecule has 100 valence electrons. The Morgan fingerprint density at radius 2 is 1.81 bits per heavy atom. The Balaban J connectivity index is 0.00000161. The molecule has 0 atom stereocenters. The van der Waals surface area contributed by atoms with Crippen LogP contribution in [0, 0.1) is 0 Å². The molecule has 3 aromatic rings. The third-order valence-corrected chi connectivity index (χ3v) is 3.15. The van der Waals surface area contributed by atoms with Crippen LogP contribution in [0.5, 0.6) is 11.5 Å². The van der Waals surface area contributed by atoms with Gasteiger partial charge in [0.1, 0.15) is 17.6 Å². The number of fused-ring (bicyclic) bond motifs is 1. The Morgan fingerprint density at radius 1 is 1.10 bits per heavy atom. The van der Waals surface area contributed by atoms with E-state index in [-0.39, 0.29) is 40.7 Å². The molecule has 21 heavy (non-hydrogen) atoms. The summed E-state index contributed by atoms with van der Waals surface area (Å²) in [5.41, 5.74) is 1.35. The SMILES string of the molecule is COc1ccc(-c2coc3cc([O-])ccc3c2=O)cc1.[Na+]. The van der Waals surface area contributed by atoms with E-state index in [0.717, 1.165) is 11.3 Å². The molecule has 0 aliphatic rings. The summed E-state index contributed by atoms with van der Waals surface area (Å²) in [6, 6.07) is 11.3. The van der Waals surface area contributed by atoms with Crippen LogP contribution in [-0.2, 0) is 0 Å². The molecule has 4 nitrogen and oxygen atoms in total. The predicted molar refractivity (Wildman–Crippen MR) is 73.9 cm³/mol. The van der Waals surface area contributed by atoms with Crippen LogP contribution in [-0.4, -0.2) is 7.11 Å². The first-order valence-electron chi connectivity index (χ1n) is 6.06. The minimum Gasteiger partial charge on any atom is -0.872 e. The van der Waals surface area contributed by atoms with Crippen molar-refractivity contribution >= 4 is 11.0 Å². The van der Waals surface area contributed by atoms with Crippen molar-refractivity contribution in [3.05, 3.63) is 59.0 Å². The van der Waals surface area contributed by atoms with Gasteiger partial charge >= 0.3 is 29.6 Å². The summed E-state index contributed by atoms with van der Waals surface area (Å²) in [6.45, 7) is 0. The topological polar surface area (TPSA) is 62.5 Å². The molecule has 0 aliphatic carbocycles. The third-order valence-electron chi connectivity index (χ3n) is 3.15. The minimum atomic E-state index is -0.183. The van der Waals surface area contributed by atoms with Crippen LogP contribution in [0.3, 0.4) is 0 Å². The van der Waals surface area contributed by atoms with Gasteiger partial charge in [-0.15, -0.1) is 5.75 Å². The van der Waals surface area contributed by atoms with Crippen molar-refractivity contribution in [1.82, 2.24) is 0 Å². The van der Waals surface area contributed by atoms with Crippen LogP contribution in [0.2, 0.25) is 0 Å². The molecule has 0 bridgehead atoms. The average molecular weight is 290 g/mol. The maximum Gasteiger partial charge on any atom is 1.00 e. The molecular weight excluding hydrogens is 279 g/mol. The number of hydrogen-bond acceptors (Lipinski definition) is 4. The molecule has 5 heteroatoms. The van der Waals surface area contributed by atoms with Crippen LogP contribution in [0.25, 0.3) is 22.1 Å². The fourth-order valence-electron chi connectivity index (χ4n) is 2.08. The van der Waals surface area contributed by atoms with Gasteiger partial charge in [0.15, 0.2) is 5.43 Å². The van der Waals surface area contributed by atoms with E-state index in [4.69, 9.17) is 9.15 Å². The first-order chi connectivity index (χ1) is 9.69. The Kier molecular flexibility index (Phi) is 4.73. The summed E-state index contributed by atoms with van der Waals surface area (Å²) in [6.07, 6.45) is 1.38. The Bertz CT molecular complexity index is 822. The van der Waals surface area contributed by atoms with Gasteiger partial charge in [0.2, 0.25) is 0 Å². The Morgan fingerprint density at radius 3 is 2.48 bits per heavy atom. The molecule has 0 amide bonds. The molecular formula is C16H11NaO4. The first-order valence-corrected chi connectivity index (χ1v) is 6.06. The quantitative estimate of drug-likeness (QED) is 0.600. The van der Waals surface area contributed by atoms with Crippen molar-refractivity contribution in [1.29, 1.82) is 0 Å². The second-order valence-corrected chi connectivity index (χ2v) is 4.36. The van der Waals surface area contributed by atoms with Crippen molar-refractivity contribution in [2.75, 3.05) is 7.11 Å². The molecule has 3 rings (SSSR count). The number of methoxy groups -OCH3 is 1. The summed E-state index contributed by atoms with van der Waals surface area (Å²) in [4.78, 5) is 12.4. The molecule has 0 N–H and O–H groups in total. The number of rotatable bonds is 2. The van der Waals surface area contributed by atoms with Gasteiger partial charge in [-0.05, 0) is 29.8 Å². The zero-order valence-electron chi connectivity index (χ0n) is 11.8. The molecule has 1 aromatic heterocycles. The van der Waals surface area contributed by atoms with Crippen LogP contribution in [0.1, 0.15) is 0 Å². The van der Waals surface area contributed by atoms with Crippen LogP contribution in [0.4, 0.5) is 0 Å². The van der Waals surface area contributed by atoms with Crippen molar-refractivity contribution in [3.8, 4) is 22.6 Å². The van der Waals surface area contributed by atoms with Crippen LogP contribution in [0.15, 0.2) is 57.9 Å². The van der Waals surface area contributed by atoms with Crippen molar-refractivity contribution < 1.29 is 43.8 Å².